The second-order valence-corrected chi connectivity index (χ2v) is 7.65. The summed E-state index contributed by atoms with van der Waals surface area (Å²) in [5.74, 6) is -2.38. The van der Waals surface area contributed by atoms with E-state index >= 15 is 0 Å². The summed E-state index contributed by atoms with van der Waals surface area (Å²) in [6.45, 7) is 1.65. The Kier molecular flexibility index (Phi) is 7.11. The molecule has 2 N–H and O–H groups in total. The van der Waals surface area contributed by atoms with Crippen molar-refractivity contribution in [3.63, 3.8) is 0 Å². The summed E-state index contributed by atoms with van der Waals surface area (Å²) >= 11 is 1.11. The van der Waals surface area contributed by atoms with E-state index < -0.39 is 17.7 Å². The Morgan fingerprint density at radius 2 is 1.87 bits per heavy atom. The number of rotatable bonds is 6. The fourth-order valence-electron chi connectivity index (χ4n) is 3.28. The van der Waals surface area contributed by atoms with E-state index in [1.54, 1.807) is 25.1 Å². The lowest BCUT2D eigenvalue weighted by Crippen LogP contribution is -2.29. The minimum atomic E-state index is -0.945. The number of nitrogens with zero attached hydrogens (tertiary/aromatic N) is 1. The van der Waals surface area contributed by atoms with Crippen LogP contribution in [-0.4, -0.2) is 24.7 Å². The molecule has 6 nitrogen and oxygen atoms in total. The zero-order chi connectivity index (χ0) is 22.4. The van der Waals surface area contributed by atoms with Crippen LogP contribution >= 0.6 is 11.8 Å². The number of esters is 1. The third-order valence-electron chi connectivity index (χ3n) is 4.67. The molecule has 1 aliphatic rings. The van der Waals surface area contributed by atoms with Crippen molar-refractivity contribution in [1.29, 1.82) is 5.26 Å². The first-order chi connectivity index (χ1) is 15.0. The van der Waals surface area contributed by atoms with Crippen LogP contribution in [0.25, 0.3) is 0 Å². The van der Waals surface area contributed by atoms with Gasteiger partial charge in [-0.05, 0) is 25.1 Å². The number of nitrogens with one attached hydrogen (secondary N) is 2. The van der Waals surface area contributed by atoms with E-state index in [1.165, 1.54) is 25.3 Å². The summed E-state index contributed by atoms with van der Waals surface area (Å²) in [4.78, 5) is 24.8. The summed E-state index contributed by atoms with van der Waals surface area (Å²) in [5.41, 5.74) is 1.58. The quantitative estimate of drug-likeness (QED) is 0.662. The molecule has 0 aromatic heterocycles. The van der Waals surface area contributed by atoms with E-state index in [9.17, 15) is 19.2 Å². The van der Waals surface area contributed by atoms with Gasteiger partial charge >= 0.3 is 5.97 Å². The van der Waals surface area contributed by atoms with Crippen molar-refractivity contribution in [3.05, 3.63) is 87.9 Å². The van der Waals surface area contributed by atoms with E-state index in [1.807, 2.05) is 18.2 Å². The lowest BCUT2D eigenvalue weighted by Gasteiger charge is -2.29. The van der Waals surface area contributed by atoms with E-state index in [4.69, 9.17) is 4.74 Å². The van der Waals surface area contributed by atoms with Gasteiger partial charge in [-0.1, -0.05) is 48.2 Å². The number of methoxy groups -OCH3 is 1. The topological polar surface area (TPSA) is 91.2 Å². The molecule has 1 amide bonds. The largest absolute Gasteiger partial charge is 0.466 e. The van der Waals surface area contributed by atoms with Gasteiger partial charge in [-0.15, -0.1) is 0 Å². The van der Waals surface area contributed by atoms with Crippen molar-refractivity contribution < 1.29 is 18.7 Å². The number of amides is 1. The molecule has 0 bridgehead atoms. The van der Waals surface area contributed by atoms with Crippen molar-refractivity contribution in [2.24, 2.45) is 0 Å². The number of anilines is 1. The van der Waals surface area contributed by atoms with Crippen LogP contribution in [0.1, 0.15) is 18.4 Å². The average Bonchev–Trinajstić information content (AvgIpc) is 2.77. The van der Waals surface area contributed by atoms with Gasteiger partial charge in [0.15, 0.2) is 0 Å². The molecular weight excluding hydrogens is 417 g/mol. The number of carbonyl (C=O) groups excluding carboxylic acids is 2. The maximum atomic E-state index is 14.6. The molecule has 0 aliphatic carbocycles. The van der Waals surface area contributed by atoms with Gasteiger partial charge in [-0.25, -0.2) is 9.18 Å². The van der Waals surface area contributed by atoms with Gasteiger partial charge in [0, 0.05) is 16.9 Å². The Morgan fingerprint density at radius 1 is 1.19 bits per heavy atom. The average molecular weight is 437 g/mol. The van der Waals surface area contributed by atoms with Gasteiger partial charge < -0.3 is 15.4 Å². The smallest absolute Gasteiger partial charge is 0.336 e. The Morgan fingerprint density at radius 3 is 2.52 bits per heavy atom. The van der Waals surface area contributed by atoms with Crippen molar-refractivity contribution in [3.8, 4) is 6.07 Å². The Balaban J connectivity index is 1.92. The van der Waals surface area contributed by atoms with E-state index in [0.29, 0.717) is 16.4 Å². The van der Waals surface area contributed by atoms with Crippen molar-refractivity contribution in [2.75, 3.05) is 18.2 Å². The fraction of sp³-hybridized carbons (Fsp3) is 0.174. The van der Waals surface area contributed by atoms with Gasteiger partial charge in [-0.2, -0.15) is 5.26 Å². The lowest BCUT2D eigenvalue weighted by molar-refractivity contribution is -0.136. The van der Waals surface area contributed by atoms with Gasteiger partial charge in [0.2, 0.25) is 5.91 Å². The zero-order valence-corrected chi connectivity index (χ0v) is 17.8. The molecule has 0 saturated carbocycles. The molecule has 0 fully saturated rings. The normalized spacial score (nSPS) is 15.7. The second kappa shape index (κ2) is 9.96. The van der Waals surface area contributed by atoms with Crippen molar-refractivity contribution in [2.45, 2.75) is 12.8 Å². The van der Waals surface area contributed by atoms with Crippen molar-refractivity contribution >= 4 is 29.3 Å². The second-order valence-electron chi connectivity index (χ2n) is 6.67. The molecule has 0 unspecified atom stereocenters. The van der Waals surface area contributed by atoms with E-state index in [-0.39, 0.29) is 28.4 Å². The first kappa shape index (κ1) is 22.1. The molecule has 0 radical (unpaired) electrons. The Bertz CT molecular complexity index is 1110. The highest BCUT2D eigenvalue weighted by molar-refractivity contribution is 8.03. The Hall–Kier alpha value is -3.57. The molecule has 0 spiro atoms. The highest BCUT2D eigenvalue weighted by Gasteiger charge is 2.36. The van der Waals surface area contributed by atoms with Crippen LogP contribution < -0.4 is 10.6 Å². The van der Waals surface area contributed by atoms with E-state index in [2.05, 4.69) is 16.7 Å². The molecule has 0 saturated heterocycles. The third-order valence-corrected chi connectivity index (χ3v) is 5.69. The van der Waals surface area contributed by atoms with Gasteiger partial charge in [0.05, 0.1) is 41.0 Å². The minimum Gasteiger partial charge on any atom is -0.466 e. The number of halogens is 1. The van der Waals surface area contributed by atoms with Gasteiger partial charge in [-0.3, -0.25) is 4.79 Å². The molecule has 31 heavy (non-hydrogen) atoms. The molecule has 158 valence electrons. The number of thioether (sulfide) groups is 1. The highest BCUT2D eigenvalue weighted by Crippen LogP contribution is 2.41. The zero-order valence-electron chi connectivity index (χ0n) is 16.9. The van der Waals surface area contributed by atoms with Crippen LogP contribution in [0.4, 0.5) is 10.1 Å². The first-order valence-electron chi connectivity index (χ1n) is 9.38. The van der Waals surface area contributed by atoms with E-state index in [0.717, 1.165) is 11.8 Å². The van der Waals surface area contributed by atoms with Crippen LogP contribution in [0.15, 0.2) is 76.5 Å². The van der Waals surface area contributed by atoms with Gasteiger partial charge in [0.25, 0.3) is 0 Å². The monoisotopic (exact) mass is 437 g/mol. The molecule has 1 aliphatic heterocycles. The van der Waals surface area contributed by atoms with Crippen LogP contribution in [-0.2, 0) is 14.3 Å². The van der Waals surface area contributed by atoms with Crippen LogP contribution in [0, 0.1) is 17.1 Å². The number of ether oxygens (including phenoxy) is 1. The van der Waals surface area contributed by atoms with Crippen LogP contribution in [0.2, 0.25) is 0 Å². The number of para-hydroxylation sites is 1. The molecule has 2 aromatic carbocycles. The number of hydrogen-bond acceptors (Lipinski definition) is 6. The minimum absolute atomic E-state index is 0.0211. The fourth-order valence-corrected chi connectivity index (χ4v) is 4.18. The number of hydrogen-bond donors (Lipinski definition) is 2. The summed E-state index contributed by atoms with van der Waals surface area (Å²) in [7, 11) is 1.23. The van der Waals surface area contributed by atoms with Gasteiger partial charge in [0.1, 0.15) is 5.82 Å². The summed E-state index contributed by atoms with van der Waals surface area (Å²) in [6, 6.07) is 17.1. The van der Waals surface area contributed by atoms with Crippen LogP contribution in [0.5, 0.6) is 0 Å². The molecule has 1 heterocycles. The van der Waals surface area contributed by atoms with Crippen molar-refractivity contribution in [1.82, 2.24) is 5.32 Å². The number of dihydropyridines is 1. The summed E-state index contributed by atoms with van der Waals surface area (Å²) in [6.07, 6.45) is 0. The number of benzene rings is 2. The first-order valence-corrected chi connectivity index (χ1v) is 10.4. The lowest BCUT2D eigenvalue weighted by atomic mass is 9.82. The molecule has 2 aromatic rings. The molecule has 8 heteroatoms. The summed E-state index contributed by atoms with van der Waals surface area (Å²) in [5, 5.41) is 16.1. The maximum absolute atomic E-state index is 14.6. The Labute approximate surface area is 183 Å². The molecule has 3 rings (SSSR count). The molecular formula is C23H20FN3O3S. The molecule has 1 atom stereocenters. The number of carbonyl (C=O) groups is 2. The van der Waals surface area contributed by atoms with Crippen LogP contribution in [0.3, 0.4) is 0 Å². The maximum Gasteiger partial charge on any atom is 0.336 e. The SMILES string of the molecule is COC(=O)C1=C(C)NC(SCC(=O)Nc2ccccc2)=C(C#N)[C@@H]1c1ccccc1F. The highest BCUT2D eigenvalue weighted by atomic mass is 32.2. The summed E-state index contributed by atoms with van der Waals surface area (Å²) < 4.78 is 19.5. The number of allylic oxidation sites excluding steroid dienone is 2. The standard InChI is InChI=1S/C23H20FN3O3S/c1-14-20(23(29)30-2)21(16-10-6-7-11-18(16)24)17(12-25)22(26-14)31-13-19(28)27-15-8-4-3-5-9-15/h3-11,21,26H,13H2,1-2H3,(H,27,28)/t21-/m0/s1. The number of nitriles is 1. The predicted molar refractivity (Wildman–Crippen MR) is 117 cm³/mol. The predicted octanol–water partition coefficient (Wildman–Crippen LogP) is 4.07. The third kappa shape index (κ3) is 4.95.